The van der Waals surface area contributed by atoms with E-state index in [1.165, 1.54) is 17.6 Å². The first kappa shape index (κ1) is 17.4. The predicted octanol–water partition coefficient (Wildman–Crippen LogP) is 4.09. The Morgan fingerprint density at radius 2 is 2.07 bits per heavy atom. The van der Waals surface area contributed by atoms with E-state index in [9.17, 15) is 9.59 Å². The number of nitrogens with one attached hydrogen (secondary N) is 2. The highest BCUT2D eigenvalue weighted by atomic mass is 32.1. The number of aryl methyl sites for hydroxylation is 1. The Morgan fingerprint density at radius 3 is 2.89 bits per heavy atom. The molecular formula is C18H14N4O3S2. The molecule has 0 aliphatic rings. The van der Waals surface area contributed by atoms with Gasteiger partial charge in [0.15, 0.2) is 10.9 Å². The zero-order chi connectivity index (χ0) is 18.8. The summed E-state index contributed by atoms with van der Waals surface area (Å²) in [6, 6.07) is 8.83. The molecule has 0 saturated heterocycles. The van der Waals surface area contributed by atoms with Crippen molar-refractivity contribution in [1.82, 2.24) is 9.97 Å². The lowest BCUT2D eigenvalue weighted by molar-refractivity contribution is -0.115. The van der Waals surface area contributed by atoms with Gasteiger partial charge in [-0.1, -0.05) is 0 Å². The van der Waals surface area contributed by atoms with Gasteiger partial charge in [0.2, 0.25) is 5.91 Å². The number of carbonyl (C=O) groups is 2. The van der Waals surface area contributed by atoms with Crippen LogP contribution in [0.25, 0.3) is 10.2 Å². The fourth-order valence-corrected chi connectivity index (χ4v) is 4.07. The molecule has 0 atom stereocenters. The largest absolute Gasteiger partial charge is 0.459 e. The van der Waals surface area contributed by atoms with Crippen molar-refractivity contribution in [2.75, 3.05) is 10.6 Å². The Kier molecular flexibility index (Phi) is 4.69. The second kappa shape index (κ2) is 7.29. The molecule has 2 N–H and O–H groups in total. The molecule has 0 radical (unpaired) electrons. The number of nitrogens with zero attached hydrogens (tertiary/aromatic N) is 2. The number of thiazole rings is 2. The Hall–Kier alpha value is -3.04. The van der Waals surface area contributed by atoms with Crippen molar-refractivity contribution >= 4 is 55.5 Å². The van der Waals surface area contributed by atoms with Crippen LogP contribution in [-0.2, 0) is 11.2 Å². The Labute approximate surface area is 162 Å². The monoisotopic (exact) mass is 398 g/mol. The maximum Gasteiger partial charge on any atom is 0.293 e. The minimum Gasteiger partial charge on any atom is -0.459 e. The average Bonchev–Trinajstić information content (AvgIpc) is 3.34. The van der Waals surface area contributed by atoms with E-state index in [4.69, 9.17) is 4.42 Å². The Bertz CT molecular complexity index is 1120. The zero-order valence-electron chi connectivity index (χ0n) is 14.2. The van der Waals surface area contributed by atoms with Gasteiger partial charge in [0, 0.05) is 11.1 Å². The number of hydrogen-bond acceptors (Lipinski definition) is 7. The second-order valence-corrected chi connectivity index (χ2v) is 7.81. The summed E-state index contributed by atoms with van der Waals surface area (Å²) in [6.07, 6.45) is 1.55. The SMILES string of the molecule is Cc1nc2ccc(NC(=O)Cc3csc(NC(=O)c4ccco4)n3)cc2s1. The number of amides is 2. The summed E-state index contributed by atoms with van der Waals surface area (Å²) < 4.78 is 6.06. The van der Waals surface area contributed by atoms with Gasteiger partial charge in [-0.25, -0.2) is 9.97 Å². The van der Waals surface area contributed by atoms with E-state index in [1.54, 1.807) is 28.8 Å². The molecule has 3 heterocycles. The average molecular weight is 398 g/mol. The van der Waals surface area contributed by atoms with Gasteiger partial charge in [-0.2, -0.15) is 0 Å². The lowest BCUT2D eigenvalue weighted by Gasteiger charge is -2.03. The van der Waals surface area contributed by atoms with Crippen molar-refractivity contribution in [3.63, 3.8) is 0 Å². The number of anilines is 2. The molecule has 9 heteroatoms. The summed E-state index contributed by atoms with van der Waals surface area (Å²) >= 11 is 2.84. The minimum absolute atomic E-state index is 0.118. The molecule has 0 spiro atoms. The van der Waals surface area contributed by atoms with E-state index in [2.05, 4.69) is 20.6 Å². The molecule has 3 aromatic heterocycles. The van der Waals surface area contributed by atoms with Crippen LogP contribution in [0.4, 0.5) is 10.8 Å². The van der Waals surface area contributed by atoms with E-state index in [0.29, 0.717) is 10.8 Å². The second-order valence-electron chi connectivity index (χ2n) is 5.72. The summed E-state index contributed by atoms with van der Waals surface area (Å²) in [7, 11) is 0. The van der Waals surface area contributed by atoms with Gasteiger partial charge >= 0.3 is 0 Å². The van der Waals surface area contributed by atoms with Crippen molar-refractivity contribution in [1.29, 1.82) is 0 Å². The number of carbonyl (C=O) groups excluding carboxylic acids is 2. The zero-order valence-corrected chi connectivity index (χ0v) is 15.8. The first-order valence-corrected chi connectivity index (χ1v) is 9.73. The molecule has 4 rings (SSSR count). The van der Waals surface area contributed by atoms with E-state index in [-0.39, 0.29) is 24.0 Å². The fourth-order valence-electron chi connectivity index (χ4n) is 2.50. The number of benzene rings is 1. The molecule has 0 saturated carbocycles. The molecule has 2 amide bonds. The maximum absolute atomic E-state index is 12.3. The molecule has 4 aromatic rings. The highest BCUT2D eigenvalue weighted by Crippen LogP contribution is 2.25. The standard InChI is InChI=1S/C18H14N4O3S2/c1-10-19-13-5-4-11(7-15(13)27-10)20-16(23)8-12-9-26-18(21-12)22-17(24)14-3-2-6-25-14/h2-7,9H,8H2,1H3,(H,20,23)(H,21,22,24). The summed E-state index contributed by atoms with van der Waals surface area (Å²) in [5.74, 6) is -0.346. The Morgan fingerprint density at radius 1 is 1.19 bits per heavy atom. The van der Waals surface area contributed by atoms with Crippen molar-refractivity contribution in [2.24, 2.45) is 0 Å². The molecule has 136 valence electrons. The van der Waals surface area contributed by atoms with Gasteiger partial charge in [0.25, 0.3) is 5.91 Å². The van der Waals surface area contributed by atoms with Crippen molar-refractivity contribution in [2.45, 2.75) is 13.3 Å². The normalized spacial score (nSPS) is 10.9. The van der Waals surface area contributed by atoms with Gasteiger partial charge in [0.05, 0.1) is 33.6 Å². The number of furan rings is 1. The first-order chi connectivity index (χ1) is 13.1. The van der Waals surface area contributed by atoms with Gasteiger partial charge in [-0.15, -0.1) is 22.7 Å². The quantitative estimate of drug-likeness (QED) is 0.528. The molecule has 1 aromatic carbocycles. The molecular weight excluding hydrogens is 384 g/mol. The molecule has 0 fully saturated rings. The Balaban J connectivity index is 1.37. The molecule has 0 aliphatic carbocycles. The molecule has 27 heavy (non-hydrogen) atoms. The van der Waals surface area contributed by atoms with E-state index in [0.717, 1.165) is 20.9 Å². The van der Waals surface area contributed by atoms with E-state index < -0.39 is 0 Å². The van der Waals surface area contributed by atoms with Crippen LogP contribution in [0.1, 0.15) is 21.3 Å². The van der Waals surface area contributed by atoms with Crippen molar-refractivity contribution < 1.29 is 14.0 Å². The van der Waals surface area contributed by atoms with Crippen LogP contribution in [-0.4, -0.2) is 21.8 Å². The lowest BCUT2D eigenvalue weighted by atomic mass is 10.2. The van der Waals surface area contributed by atoms with Crippen LogP contribution in [0.2, 0.25) is 0 Å². The molecule has 0 aliphatic heterocycles. The highest BCUT2D eigenvalue weighted by Gasteiger charge is 2.13. The van der Waals surface area contributed by atoms with Crippen LogP contribution >= 0.6 is 22.7 Å². The topological polar surface area (TPSA) is 97.1 Å². The summed E-state index contributed by atoms with van der Waals surface area (Å²) in [6.45, 7) is 1.95. The van der Waals surface area contributed by atoms with Crippen LogP contribution in [0, 0.1) is 6.92 Å². The highest BCUT2D eigenvalue weighted by molar-refractivity contribution is 7.18. The third-order valence-electron chi connectivity index (χ3n) is 3.64. The maximum atomic E-state index is 12.3. The molecule has 7 nitrogen and oxygen atoms in total. The molecule has 0 unspecified atom stereocenters. The van der Waals surface area contributed by atoms with Crippen molar-refractivity contribution in [3.8, 4) is 0 Å². The summed E-state index contributed by atoms with van der Waals surface area (Å²) in [5.41, 5.74) is 2.23. The van der Waals surface area contributed by atoms with Gasteiger partial charge in [-0.05, 0) is 37.3 Å². The smallest absolute Gasteiger partial charge is 0.293 e. The lowest BCUT2D eigenvalue weighted by Crippen LogP contribution is -2.15. The fraction of sp³-hybridized carbons (Fsp3) is 0.111. The van der Waals surface area contributed by atoms with E-state index >= 15 is 0 Å². The minimum atomic E-state index is -0.376. The summed E-state index contributed by atoms with van der Waals surface area (Å²) in [4.78, 5) is 32.9. The number of aromatic nitrogens is 2. The number of fused-ring (bicyclic) bond motifs is 1. The number of rotatable bonds is 5. The molecule has 0 bridgehead atoms. The van der Waals surface area contributed by atoms with Crippen LogP contribution in [0.5, 0.6) is 0 Å². The van der Waals surface area contributed by atoms with Gasteiger partial charge in [0.1, 0.15) is 0 Å². The van der Waals surface area contributed by atoms with Crippen LogP contribution in [0.15, 0.2) is 46.4 Å². The predicted molar refractivity (Wildman–Crippen MR) is 105 cm³/mol. The number of hydrogen-bond donors (Lipinski definition) is 2. The first-order valence-electron chi connectivity index (χ1n) is 8.03. The third-order valence-corrected chi connectivity index (χ3v) is 5.38. The van der Waals surface area contributed by atoms with Crippen LogP contribution < -0.4 is 10.6 Å². The van der Waals surface area contributed by atoms with Crippen LogP contribution in [0.3, 0.4) is 0 Å². The third kappa shape index (κ3) is 4.04. The van der Waals surface area contributed by atoms with Crippen molar-refractivity contribution in [3.05, 3.63) is 58.4 Å². The van der Waals surface area contributed by atoms with Gasteiger partial charge in [-0.3, -0.25) is 14.9 Å². The van der Waals surface area contributed by atoms with Gasteiger partial charge < -0.3 is 9.73 Å². The summed E-state index contributed by atoms with van der Waals surface area (Å²) in [5, 5.41) is 8.66. The van der Waals surface area contributed by atoms with E-state index in [1.807, 2.05) is 25.1 Å².